The SMILES string of the molecule is CCCN1CCN(Cc2nnsc2NC)C(=O)C1=O. The standard InChI is InChI=1S/C11H17N5O2S/c1-3-4-15-5-6-16(11(18)10(15)17)7-8-9(12-2)19-14-13-8/h12H,3-7H2,1-2H3. The Morgan fingerprint density at radius 3 is 2.63 bits per heavy atom. The second-order valence-electron chi connectivity index (χ2n) is 4.32. The molecule has 0 bridgehead atoms. The van der Waals surface area contributed by atoms with Gasteiger partial charge < -0.3 is 15.1 Å². The molecule has 19 heavy (non-hydrogen) atoms. The minimum Gasteiger partial charge on any atom is -0.377 e. The lowest BCUT2D eigenvalue weighted by molar-refractivity contribution is -0.156. The monoisotopic (exact) mass is 283 g/mol. The fraction of sp³-hybridized carbons (Fsp3) is 0.636. The summed E-state index contributed by atoms with van der Waals surface area (Å²) in [6, 6.07) is 0. The van der Waals surface area contributed by atoms with Gasteiger partial charge in [-0.15, -0.1) is 5.10 Å². The van der Waals surface area contributed by atoms with Crippen LogP contribution in [0, 0.1) is 0 Å². The van der Waals surface area contributed by atoms with E-state index >= 15 is 0 Å². The van der Waals surface area contributed by atoms with Gasteiger partial charge in [-0.1, -0.05) is 11.4 Å². The first-order chi connectivity index (χ1) is 9.17. The summed E-state index contributed by atoms with van der Waals surface area (Å²) in [6.45, 7) is 4.09. The molecule has 0 radical (unpaired) electrons. The second kappa shape index (κ2) is 5.96. The van der Waals surface area contributed by atoms with Crippen molar-refractivity contribution in [2.24, 2.45) is 0 Å². The highest BCUT2D eigenvalue weighted by atomic mass is 32.1. The Kier molecular flexibility index (Phi) is 4.31. The molecule has 0 aromatic carbocycles. The van der Waals surface area contributed by atoms with Gasteiger partial charge in [-0.25, -0.2) is 0 Å². The Hall–Kier alpha value is -1.70. The van der Waals surface area contributed by atoms with Crippen LogP contribution < -0.4 is 5.32 Å². The van der Waals surface area contributed by atoms with Gasteiger partial charge in [0.1, 0.15) is 10.7 Å². The van der Waals surface area contributed by atoms with Gasteiger partial charge in [-0.2, -0.15) is 0 Å². The first-order valence-corrected chi connectivity index (χ1v) is 7.01. The van der Waals surface area contributed by atoms with E-state index in [0.29, 0.717) is 31.9 Å². The van der Waals surface area contributed by atoms with E-state index in [0.717, 1.165) is 11.4 Å². The van der Waals surface area contributed by atoms with Crippen molar-refractivity contribution in [2.75, 3.05) is 32.0 Å². The Bertz CT molecular complexity index is 475. The van der Waals surface area contributed by atoms with Crippen LogP contribution in [0.25, 0.3) is 0 Å². The second-order valence-corrected chi connectivity index (χ2v) is 5.07. The van der Waals surface area contributed by atoms with Crippen LogP contribution in [0.4, 0.5) is 5.00 Å². The molecule has 1 aromatic rings. The topological polar surface area (TPSA) is 78.4 Å². The number of nitrogens with zero attached hydrogens (tertiary/aromatic N) is 4. The normalized spacial score (nSPS) is 16.1. The zero-order valence-electron chi connectivity index (χ0n) is 11.0. The first kappa shape index (κ1) is 13.7. The smallest absolute Gasteiger partial charge is 0.312 e. The van der Waals surface area contributed by atoms with Crippen molar-refractivity contribution in [2.45, 2.75) is 19.9 Å². The van der Waals surface area contributed by atoms with Crippen LogP contribution in [0.2, 0.25) is 0 Å². The van der Waals surface area contributed by atoms with E-state index in [-0.39, 0.29) is 0 Å². The van der Waals surface area contributed by atoms with Gasteiger partial charge in [-0.05, 0) is 6.42 Å². The zero-order valence-corrected chi connectivity index (χ0v) is 11.9. The van der Waals surface area contributed by atoms with E-state index in [1.807, 2.05) is 6.92 Å². The molecule has 2 amide bonds. The van der Waals surface area contributed by atoms with E-state index < -0.39 is 11.8 Å². The third-order valence-corrected chi connectivity index (χ3v) is 3.80. The highest BCUT2D eigenvalue weighted by molar-refractivity contribution is 7.10. The fourth-order valence-corrected chi connectivity index (χ4v) is 2.55. The van der Waals surface area contributed by atoms with Gasteiger partial charge in [0, 0.05) is 38.2 Å². The number of piperazine rings is 1. The van der Waals surface area contributed by atoms with E-state index in [9.17, 15) is 9.59 Å². The molecule has 0 spiro atoms. The number of amides is 2. The maximum Gasteiger partial charge on any atom is 0.312 e. The highest BCUT2D eigenvalue weighted by Gasteiger charge is 2.32. The molecule has 1 saturated heterocycles. The van der Waals surface area contributed by atoms with E-state index in [1.165, 1.54) is 16.4 Å². The molecule has 1 fully saturated rings. The fourth-order valence-electron chi connectivity index (χ4n) is 2.03. The Labute approximate surface area is 115 Å². The van der Waals surface area contributed by atoms with Crippen LogP contribution in [-0.2, 0) is 16.1 Å². The number of carbonyl (C=O) groups is 2. The number of carbonyl (C=O) groups excluding carboxylic acids is 2. The van der Waals surface area contributed by atoms with Gasteiger partial charge in [0.25, 0.3) is 0 Å². The van der Waals surface area contributed by atoms with Gasteiger partial charge in [-0.3, -0.25) is 9.59 Å². The van der Waals surface area contributed by atoms with E-state index in [4.69, 9.17) is 0 Å². The average molecular weight is 283 g/mol. The van der Waals surface area contributed by atoms with Crippen LogP contribution in [0.15, 0.2) is 0 Å². The van der Waals surface area contributed by atoms with E-state index in [2.05, 4.69) is 14.9 Å². The Morgan fingerprint density at radius 1 is 1.26 bits per heavy atom. The summed E-state index contributed by atoms with van der Waals surface area (Å²) in [5.74, 6) is -0.864. The molecule has 0 aliphatic carbocycles. The molecule has 104 valence electrons. The van der Waals surface area contributed by atoms with Gasteiger partial charge in [0.15, 0.2) is 0 Å². The molecule has 2 heterocycles. The summed E-state index contributed by atoms with van der Waals surface area (Å²) in [7, 11) is 1.78. The molecule has 7 nitrogen and oxygen atoms in total. The number of rotatable bonds is 5. The van der Waals surface area contributed by atoms with E-state index in [1.54, 1.807) is 11.9 Å². The summed E-state index contributed by atoms with van der Waals surface area (Å²) in [6.07, 6.45) is 0.860. The molecule has 0 saturated carbocycles. The van der Waals surface area contributed by atoms with Crippen LogP contribution >= 0.6 is 11.5 Å². The molecular weight excluding hydrogens is 266 g/mol. The molecular formula is C11H17N5O2S. The number of hydrogen-bond acceptors (Lipinski definition) is 6. The van der Waals surface area contributed by atoms with Crippen LogP contribution in [-0.4, -0.2) is 57.9 Å². The number of anilines is 1. The maximum absolute atomic E-state index is 12.0. The van der Waals surface area contributed by atoms with Crippen molar-refractivity contribution in [3.63, 3.8) is 0 Å². The zero-order chi connectivity index (χ0) is 13.8. The quantitative estimate of drug-likeness (QED) is 0.779. The molecule has 1 N–H and O–H groups in total. The first-order valence-electron chi connectivity index (χ1n) is 6.24. The van der Waals surface area contributed by atoms with Crippen LogP contribution in [0.1, 0.15) is 19.0 Å². The van der Waals surface area contributed by atoms with Crippen molar-refractivity contribution in [1.82, 2.24) is 19.4 Å². The summed E-state index contributed by atoms with van der Waals surface area (Å²) in [5.41, 5.74) is 0.706. The molecule has 1 aliphatic rings. The summed E-state index contributed by atoms with van der Waals surface area (Å²) >= 11 is 1.24. The van der Waals surface area contributed by atoms with Crippen molar-refractivity contribution < 1.29 is 9.59 Å². The van der Waals surface area contributed by atoms with Crippen molar-refractivity contribution in [3.05, 3.63) is 5.69 Å². The lowest BCUT2D eigenvalue weighted by Crippen LogP contribution is -2.54. The number of aromatic nitrogens is 2. The Balaban J connectivity index is 2.03. The summed E-state index contributed by atoms with van der Waals surface area (Å²) in [4.78, 5) is 27.0. The number of hydrogen-bond donors (Lipinski definition) is 1. The molecule has 8 heteroatoms. The minimum absolute atomic E-state index is 0.331. The lowest BCUT2D eigenvalue weighted by Gasteiger charge is -2.33. The molecule has 1 aliphatic heterocycles. The minimum atomic E-state index is -0.449. The van der Waals surface area contributed by atoms with Crippen LogP contribution in [0.5, 0.6) is 0 Å². The Morgan fingerprint density at radius 2 is 1.95 bits per heavy atom. The van der Waals surface area contributed by atoms with Crippen molar-refractivity contribution in [3.8, 4) is 0 Å². The predicted octanol–water partition coefficient (Wildman–Crippen LogP) is 0.161. The summed E-state index contributed by atoms with van der Waals surface area (Å²) in [5, 5.41) is 7.79. The van der Waals surface area contributed by atoms with Crippen molar-refractivity contribution in [1.29, 1.82) is 0 Å². The maximum atomic E-state index is 12.0. The third-order valence-electron chi connectivity index (χ3n) is 3.01. The van der Waals surface area contributed by atoms with Gasteiger partial charge in [0.05, 0.1) is 6.54 Å². The lowest BCUT2D eigenvalue weighted by atomic mass is 10.2. The third kappa shape index (κ3) is 2.83. The number of nitrogens with one attached hydrogen (secondary N) is 1. The highest BCUT2D eigenvalue weighted by Crippen LogP contribution is 2.19. The molecule has 1 aromatic heterocycles. The average Bonchev–Trinajstić information content (AvgIpc) is 2.86. The predicted molar refractivity (Wildman–Crippen MR) is 71.7 cm³/mol. The molecule has 0 unspecified atom stereocenters. The van der Waals surface area contributed by atoms with Gasteiger partial charge >= 0.3 is 11.8 Å². The van der Waals surface area contributed by atoms with Crippen LogP contribution in [0.3, 0.4) is 0 Å². The van der Waals surface area contributed by atoms with Gasteiger partial charge in [0.2, 0.25) is 0 Å². The molecule has 2 rings (SSSR count). The van der Waals surface area contributed by atoms with Crippen molar-refractivity contribution >= 4 is 28.3 Å². The molecule has 0 atom stereocenters. The summed E-state index contributed by atoms with van der Waals surface area (Å²) < 4.78 is 3.84. The largest absolute Gasteiger partial charge is 0.377 e.